The molecule has 0 radical (unpaired) electrons. The van der Waals surface area contributed by atoms with Gasteiger partial charge in [0, 0.05) is 18.2 Å². The number of hydrogen-bond donors (Lipinski definition) is 1. The Morgan fingerprint density at radius 3 is 2.67 bits per heavy atom. The van der Waals surface area contributed by atoms with E-state index in [4.69, 9.17) is 9.92 Å². The molecular weight excluding hydrogens is 246 g/mol. The Labute approximate surface area is 110 Å². The predicted octanol–water partition coefficient (Wildman–Crippen LogP) is 3.51. The number of hydrogen-bond acceptors (Lipinski definition) is 4. The summed E-state index contributed by atoms with van der Waals surface area (Å²) in [6.45, 7) is 1.47. The van der Waals surface area contributed by atoms with Crippen LogP contribution in [-0.4, -0.2) is 5.12 Å². The first kappa shape index (κ1) is 12.5. The summed E-state index contributed by atoms with van der Waals surface area (Å²) < 4.78 is 5.42. The van der Waals surface area contributed by atoms with Gasteiger partial charge in [-0.15, -0.1) is 0 Å². The molecule has 2 N–H and O–H groups in total. The second kappa shape index (κ2) is 5.60. The SMILES string of the molecule is CC(=O)SOc1ccccc1-c1cccc(N)c1. The van der Waals surface area contributed by atoms with Gasteiger partial charge in [0.2, 0.25) is 5.12 Å². The molecule has 0 amide bonds. The molecule has 4 heteroatoms. The number of rotatable bonds is 3. The van der Waals surface area contributed by atoms with Gasteiger partial charge in [0.05, 0.1) is 0 Å². The highest BCUT2D eigenvalue weighted by atomic mass is 32.2. The van der Waals surface area contributed by atoms with Crippen LogP contribution in [-0.2, 0) is 4.79 Å². The summed E-state index contributed by atoms with van der Waals surface area (Å²) in [5.74, 6) is 0.656. The summed E-state index contributed by atoms with van der Waals surface area (Å²) in [5.41, 5.74) is 8.35. The molecule has 0 aromatic heterocycles. The lowest BCUT2D eigenvalue weighted by molar-refractivity contribution is -0.109. The molecule has 2 aromatic rings. The Morgan fingerprint density at radius 2 is 1.94 bits per heavy atom. The maximum atomic E-state index is 10.9. The molecule has 0 heterocycles. The molecule has 2 rings (SSSR count). The van der Waals surface area contributed by atoms with Crippen molar-refractivity contribution in [2.75, 3.05) is 5.73 Å². The van der Waals surface area contributed by atoms with Gasteiger partial charge in [0.25, 0.3) is 0 Å². The van der Waals surface area contributed by atoms with Gasteiger partial charge in [-0.3, -0.25) is 4.79 Å². The zero-order chi connectivity index (χ0) is 13.0. The number of carbonyl (C=O) groups is 1. The highest BCUT2D eigenvalue weighted by Crippen LogP contribution is 2.32. The summed E-state index contributed by atoms with van der Waals surface area (Å²) >= 11 is 0.827. The topological polar surface area (TPSA) is 52.3 Å². The van der Waals surface area contributed by atoms with E-state index < -0.39 is 0 Å². The molecule has 2 aromatic carbocycles. The van der Waals surface area contributed by atoms with Gasteiger partial charge in [0.1, 0.15) is 17.8 Å². The second-order valence-electron chi connectivity index (χ2n) is 3.78. The fourth-order valence-corrected chi connectivity index (χ4v) is 1.94. The van der Waals surface area contributed by atoms with Gasteiger partial charge in [-0.25, -0.2) is 0 Å². The zero-order valence-electron chi connectivity index (χ0n) is 9.92. The minimum absolute atomic E-state index is 0.0858. The summed E-state index contributed by atoms with van der Waals surface area (Å²) in [6.07, 6.45) is 0. The van der Waals surface area contributed by atoms with Crippen LogP contribution in [0, 0.1) is 0 Å². The highest BCUT2D eigenvalue weighted by molar-refractivity contribution is 8.09. The third-order valence-corrected chi connectivity index (χ3v) is 2.83. The van der Waals surface area contributed by atoms with Crippen molar-refractivity contribution >= 4 is 22.8 Å². The van der Waals surface area contributed by atoms with Crippen molar-refractivity contribution in [2.45, 2.75) is 6.92 Å². The Kier molecular flexibility index (Phi) is 3.89. The lowest BCUT2D eigenvalue weighted by Gasteiger charge is -2.09. The average Bonchev–Trinajstić information content (AvgIpc) is 2.36. The first-order chi connectivity index (χ1) is 8.66. The lowest BCUT2D eigenvalue weighted by Crippen LogP contribution is -1.91. The summed E-state index contributed by atoms with van der Waals surface area (Å²) in [6, 6.07) is 15.1. The molecule has 3 nitrogen and oxygen atoms in total. The van der Waals surface area contributed by atoms with Gasteiger partial charge < -0.3 is 9.92 Å². The van der Waals surface area contributed by atoms with Crippen LogP contribution in [0.25, 0.3) is 11.1 Å². The van der Waals surface area contributed by atoms with Crippen molar-refractivity contribution in [1.82, 2.24) is 0 Å². The molecule has 0 saturated heterocycles. The van der Waals surface area contributed by atoms with Gasteiger partial charge in [-0.05, 0) is 23.8 Å². The molecule has 0 aliphatic rings. The third-order valence-electron chi connectivity index (χ3n) is 2.33. The average molecular weight is 259 g/mol. The van der Waals surface area contributed by atoms with Crippen molar-refractivity contribution < 1.29 is 8.98 Å². The summed E-state index contributed by atoms with van der Waals surface area (Å²) in [4.78, 5) is 10.9. The van der Waals surface area contributed by atoms with Crippen LogP contribution in [0.4, 0.5) is 5.69 Å². The van der Waals surface area contributed by atoms with Crippen molar-refractivity contribution in [3.8, 4) is 16.9 Å². The van der Waals surface area contributed by atoms with Crippen LogP contribution >= 0.6 is 12.0 Å². The lowest BCUT2D eigenvalue weighted by atomic mass is 10.0. The molecule has 0 unspecified atom stereocenters. The van der Waals surface area contributed by atoms with Crippen LogP contribution in [0.3, 0.4) is 0 Å². The number of anilines is 1. The molecule has 92 valence electrons. The minimum atomic E-state index is -0.0858. The van der Waals surface area contributed by atoms with Crippen LogP contribution < -0.4 is 9.92 Å². The van der Waals surface area contributed by atoms with E-state index in [1.807, 2.05) is 48.5 Å². The number of carbonyl (C=O) groups excluding carboxylic acids is 1. The molecular formula is C14H13NO2S. The van der Waals surface area contributed by atoms with E-state index in [1.54, 1.807) is 0 Å². The first-order valence-corrected chi connectivity index (χ1v) is 6.21. The fraction of sp³-hybridized carbons (Fsp3) is 0.0714. The van der Waals surface area contributed by atoms with E-state index >= 15 is 0 Å². The minimum Gasteiger partial charge on any atom is -0.417 e. The van der Waals surface area contributed by atoms with Crippen molar-refractivity contribution in [1.29, 1.82) is 0 Å². The number of nitrogens with two attached hydrogens (primary N) is 1. The van der Waals surface area contributed by atoms with E-state index in [2.05, 4.69) is 0 Å². The number of benzene rings is 2. The normalized spacial score (nSPS) is 10.1. The van der Waals surface area contributed by atoms with Crippen LogP contribution in [0.1, 0.15) is 6.92 Å². The van der Waals surface area contributed by atoms with E-state index in [0.717, 1.165) is 23.2 Å². The Morgan fingerprint density at radius 1 is 1.17 bits per heavy atom. The monoisotopic (exact) mass is 259 g/mol. The molecule has 18 heavy (non-hydrogen) atoms. The van der Waals surface area contributed by atoms with Crippen molar-refractivity contribution in [2.24, 2.45) is 0 Å². The van der Waals surface area contributed by atoms with E-state index in [-0.39, 0.29) is 5.12 Å². The van der Waals surface area contributed by atoms with E-state index in [1.165, 1.54) is 6.92 Å². The Balaban J connectivity index is 2.35. The van der Waals surface area contributed by atoms with Crippen LogP contribution in [0.15, 0.2) is 48.5 Å². The first-order valence-electron chi connectivity index (χ1n) is 5.47. The molecule has 0 bridgehead atoms. The molecule has 0 saturated carbocycles. The van der Waals surface area contributed by atoms with Crippen LogP contribution in [0.2, 0.25) is 0 Å². The van der Waals surface area contributed by atoms with Crippen molar-refractivity contribution in [3.05, 3.63) is 48.5 Å². The predicted molar refractivity (Wildman–Crippen MR) is 75.2 cm³/mol. The highest BCUT2D eigenvalue weighted by Gasteiger charge is 2.07. The Bertz CT molecular complexity index is 569. The quantitative estimate of drug-likeness (QED) is 0.677. The van der Waals surface area contributed by atoms with E-state index in [9.17, 15) is 4.79 Å². The van der Waals surface area contributed by atoms with Gasteiger partial charge in [-0.1, -0.05) is 30.3 Å². The van der Waals surface area contributed by atoms with Gasteiger partial charge in [0.15, 0.2) is 0 Å². The van der Waals surface area contributed by atoms with Gasteiger partial charge >= 0.3 is 0 Å². The maximum absolute atomic E-state index is 10.9. The second-order valence-corrected chi connectivity index (χ2v) is 4.69. The largest absolute Gasteiger partial charge is 0.417 e. The maximum Gasteiger partial charge on any atom is 0.224 e. The molecule has 0 aliphatic heterocycles. The number of para-hydroxylation sites is 1. The van der Waals surface area contributed by atoms with Crippen LogP contribution in [0.5, 0.6) is 5.75 Å². The molecule has 0 spiro atoms. The molecule has 0 fully saturated rings. The molecule has 0 atom stereocenters. The summed E-state index contributed by atoms with van der Waals surface area (Å²) in [7, 11) is 0. The Hall–Kier alpha value is -1.94. The fourth-order valence-electron chi connectivity index (χ4n) is 1.59. The standard InChI is InChI=1S/C14H13NO2S/c1-10(16)18-17-14-8-3-2-7-13(14)11-5-4-6-12(15)9-11/h2-9H,15H2,1H3. The molecule has 0 aliphatic carbocycles. The smallest absolute Gasteiger partial charge is 0.224 e. The third kappa shape index (κ3) is 3.05. The number of nitrogen functional groups attached to an aromatic ring is 1. The van der Waals surface area contributed by atoms with E-state index in [0.29, 0.717) is 11.4 Å². The van der Waals surface area contributed by atoms with Crippen molar-refractivity contribution in [3.63, 3.8) is 0 Å². The summed E-state index contributed by atoms with van der Waals surface area (Å²) in [5, 5.41) is -0.0858. The van der Waals surface area contributed by atoms with Gasteiger partial charge in [-0.2, -0.15) is 0 Å². The zero-order valence-corrected chi connectivity index (χ0v) is 10.7.